The van der Waals surface area contributed by atoms with Gasteiger partial charge in [-0.15, -0.1) is 10.2 Å². The van der Waals surface area contributed by atoms with Crippen LogP contribution >= 0.6 is 11.8 Å². The first-order valence-electron chi connectivity index (χ1n) is 9.78. The molecular weight excluding hydrogens is 390 g/mol. The maximum absolute atomic E-state index is 12.6. The summed E-state index contributed by atoms with van der Waals surface area (Å²) in [7, 11) is 0. The lowest BCUT2D eigenvalue weighted by molar-refractivity contribution is -0.118. The van der Waals surface area contributed by atoms with Gasteiger partial charge < -0.3 is 20.4 Å². The number of nitrogens with two attached hydrogens (primary N) is 1. The monoisotopic (exact) mass is 417 g/mol. The number of aryl methyl sites for hydroxylation is 2. The summed E-state index contributed by atoms with van der Waals surface area (Å²) in [5.74, 6) is 0.203. The summed E-state index contributed by atoms with van der Waals surface area (Å²) >= 11 is 1.34. The molecular formula is C20H27N5O3S. The number of rotatable bonds is 9. The second kappa shape index (κ2) is 9.89. The predicted molar refractivity (Wildman–Crippen MR) is 112 cm³/mol. The molecule has 29 heavy (non-hydrogen) atoms. The number of thioether (sulfide) groups is 1. The second-order valence-corrected chi connectivity index (χ2v) is 8.53. The topological polar surface area (TPSA) is 112 Å². The second-order valence-electron chi connectivity index (χ2n) is 7.23. The Morgan fingerprint density at radius 1 is 1.34 bits per heavy atom. The van der Waals surface area contributed by atoms with Crippen molar-refractivity contribution in [3.63, 3.8) is 0 Å². The van der Waals surface area contributed by atoms with Gasteiger partial charge in [0.05, 0.1) is 17.9 Å². The summed E-state index contributed by atoms with van der Waals surface area (Å²) < 4.78 is 7.70. The summed E-state index contributed by atoms with van der Waals surface area (Å²) in [4.78, 5) is 23.8. The molecule has 1 aromatic heterocycles. The molecule has 1 aliphatic rings. The fourth-order valence-corrected chi connectivity index (χ4v) is 3.97. The largest absolute Gasteiger partial charge is 0.376 e. The molecule has 0 bridgehead atoms. The molecule has 1 aromatic carbocycles. The maximum atomic E-state index is 12.6. The van der Waals surface area contributed by atoms with Gasteiger partial charge in [0.15, 0.2) is 5.16 Å². The van der Waals surface area contributed by atoms with Crippen LogP contribution in [0.5, 0.6) is 0 Å². The number of ether oxygens (including phenoxy) is 1. The number of carbonyl (C=O) groups excluding carboxylic acids is 2. The smallest absolute Gasteiger partial charge is 0.237 e. The van der Waals surface area contributed by atoms with Gasteiger partial charge in [0, 0.05) is 25.1 Å². The van der Waals surface area contributed by atoms with E-state index in [-0.39, 0.29) is 29.6 Å². The highest BCUT2D eigenvalue weighted by Gasteiger charge is 2.24. The van der Waals surface area contributed by atoms with E-state index in [2.05, 4.69) is 15.5 Å². The molecule has 0 aliphatic carbocycles. The van der Waals surface area contributed by atoms with Crippen molar-refractivity contribution in [1.82, 2.24) is 14.8 Å². The lowest BCUT2D eigenvalue weighted by Gasteiger charge is -2.16. The van der Waals surface area contributed by atoms with Crippen molar-refractivity contribution in [1.29, 1.82) is 0 Å². The molecule has 0 spiro atoms. The van der Waals surface area contributed by atoms with Crippen LogP contribution in [-0.4, -0.2) is 44.5 Å². The SMILES string of the molecule is Cc1ccc(NC(=O)C(C)Sc2nnc(CCC(N)=O)n2CC2CCCO2)cc1. The maximum Gasteiger partial charge on any atom is 0.237 e. The average molecular weight is 418 g/mol. The number of benzene rings is 1. The molecule has 1 aliphatic heterocycles. The van der Waals surface area contributed by atoms with E-state index in [0.29, 0.717) is 23.9 Å². The van der Waals surface area contributed by atoms with E-state index >= 15 is 0 Å². The number of aromatic nitrogens is 3. The molecule has 0 saturated carbocycles. The van der Waals surface area contributed by atoms with Crippen LogP contribution in [0.1, 0.15) is 37.6 Å². The number of primary amides is 1. The molecule has 2 atom stereocenters. The zero-order chi connectivity index (χ0) is 20.8. The van der Waals surface area contributed by atoms with Gasteiger partial charge in [-0.1, -0.05) is 29.5 Å². The summed E-state index contributed by atoms with van der Waals surface area (Å²) in [6, 6.07) is 7.67. The van der Waals surface area contributed by atoms with Gasteiger partial charge in [0.2, 0.25) is 11.8 Å². The lowest BCUT2D eigenvalue weighted by Crippen LogP contribution is -2.24. The fourth-order valence-electron chi connectivity index (χ4n) is 3.09. The summed E-state index contributed by atoms with van der Waals surface area (Å²) in [5.41, 5.74) is 7.18. The van der Waals surface area contributed by atoms with E-state index in [1.165, 1.54) is 11.8 Å². The van der Waals surface area contributed by atoms with Crippen molar-refractivity contribution >= 4 is 29.3 Å². The quantitative estimate of drug-likeness (QED) is 0.606. The molecule has 8 nitrogen and oxygen atoms in total. The summed E-state index contributed by atoms with van der Waals surface area (Å²) in [6.07, 6.45) is 2.72. The number of nitrogens with zero attached hydrogens (tertiary/aromatic N) is 3. The van der Waals surface area contributed by atoms with Crippen molar-refractivity contribution in [3.8, 4) is 0 Å². The molecule has 2 amide bonds. The standard InChI is InChI=1S/C20H27N5O3S/c1-13-5-7-15(8-6-13)22-19(27)14(2)29-20-24-23-18(10-9-17(21)26)25(20)12-16-4-3-11-28-16/h5-8,14,16H,3-4,9-12H2,1-2H3,(H2,21,26)(H,22,27). The van der Waals surface area contributed by atoms with Crippen LogP contribution in [0.15, 0.2) is 29.4 Å². The average Bonchev–Trinajstić information content (AvgIpc) is 3.33. The zero-order valence-electron chi connectivity index (χ0n) is 16.8. The van der Waals surface area contributed by atoms with E-state index in [9.17, 15) is 9.59 Å². The molecule has 9 heteroatoms. The molecule has 1 fully saturated rings. The Hall–Kier alpha value is -2.39. The molecule has 3 N–H and O–H groups in total. The summed E-state index contributed by atoms with van der Waals surface area (Å²) in [5, 5.41) is 11.7. The lowest BCUT2D eigenvalue weighted by atomic mass is 10.2. The Morgan fingerprint density at radius 2 is 2.10 bits per heavy atom. The van der Waals surface area contributed by atoms with E-state index in [0.717, 1.165) is 30.7 Å². The molecule has 2 unspecified atom stereocenters. The molecule has 0 radical (unpaired) electrons. The van der Waals surface area contributed by atoms with Gasteiger partial charge in [0.1, 0.15) is 5.82 Å². The van der Waals surface area contributed by atoms with Gasteiger partial charge in [-0.3, -0.25) is 9.59 Å². The summed E-state index contributed by atoms with van der Waals surface area (Å²) in [6.45, 7) is 5.19. The first-order chi connectivity index (χ1) is 13.9. The molecule has 2 aromatic rings. The van der Waals surface area contributed by atoms with E-state index in [4.69, 9.17) is 10.5 Å². The van der Waals surface area contributed by atoms with Crippen LogP contribution in [0.25, 0.3) is 0 Å². The number of amides is 2. The van der Waals surface area contributed by atoms with E-state index < -0.39 is 0 Å². The normalized spacial score (nSPS) is 17.2. The Labute approximate surface area is 174 Å². The zero-order valence-corrected chi connectivity index (χ0v) is 17.6. The van der Waals surface area contributed by atoms with Crippen molar-refractivity contribution in [3.05, 3.63) is 35.7 Å². The Balaban J connectivity index is 1.69. The van der Waals surface area contributed by atoms with E-state index in [1.54, 1.807) is 0 Å². The van der Waals surface area contributed by atoms with Crippen molar-refractivity contribution in [2.45, 2.75) is 62.6 Å². The minimum Gasteiger partial charge on any atom is -0.376 e. The van der Waals surface area contributed by atoms with Crippen LogP contribution in [0.3, 0.4) is 0 Å². The fraction of sp³-hybridized carbons (Fsp3) is 0.500. The molecule has 3 rings (SSSR count). The third-order valence-corrected chi connectivity index (χ3v) is 5.85. The highest BCUT2D eigenvalue weighted by molar-refractivity contribution is 8.00. The minimum absolute atomic E-state index is 0.0920. The Bertz CT molecular complexity index is 846. The van der Waals surface area contributed by atoms with Gasteiger partial charge in [0.25, 0.3) is 0 Å². The first-order valence-corrected chi connectivity index (χ1v) is 10.7. The van der Waals surface area contributed by atoms with Crippen molar-refractivity contribution < 1.29 is 14.3 Å². The van der Waals surface area contributed by atoms with Gasteiger partial charge in [-0.25, -0.2) is 0 Å². The Kier molecular flexibility index (Phi) is 7.27. The molecule has 1 saturated heterocycles. The minimum atomic E-state index is -0.378. The third kappa shape index (κ3) is 6.04. The van der Waals surface area contributed by atoms with Crippen LogP contribution in [0, 0.1) is 6.92 Å². The number of hydrogen-bond donors (Lipinski definition) is 2. The predicted octanol–water partition coefficient (Wildman–Crippen LogP) is 2.30. The molecule has 2 heterocycles. The van der Waals surface area contributed by atoms with Crippen LogP contribution < -0.4 is 11.1 Å². The number of carbonyl (C=O) groups is 2. The number of nitrogens with one attached hydrogen (secondary N) is 1. The van der Waals surface area contributed by atoms with Crippen LogP contribution in [0.2, 0.25) is 0 Å². The van der Waals surface area contributed by atoms with Crippen molar-refractivity contribution in [2.75, 3.05) is 11.9 Å². The van der Waals surface area contributed by atoms with Gasteiger partial charge >= 0.3 is 0 Å². The highest BCUT2D eigenvalue weighted by Crippen LogP contribution is 2.26. The van der Waals surface area contributed by atoms with Crippen LogP contribution in [0.4, 0.5) is 5.69 Å². The van der Waals surface area contributed by atoms with Gasteiger partial charge in [-0.05, 0) is 38.8 Å². The highest BCUT2D eigenvalue weighted by atomic mass is 32.2. The molecule has 156 valence electrons. The third-order valence-electron chi connectivity index (χ3n) is 4.77. The van der Waals surface area contributed by atoms with Crippen LogP contribution in [-0.2, 0) is 27.3 Å². The van der Waals surface area contributed by atoms with Crippen molar-refractivity contribution in [2.24, 2.45) is 5.73 Å². The van der Waals surface area contributed by atoms with E-state index in [1.807, 2.05) is 42.7 Å². The Morgan fingerprint density at radius 3 is 2.76 bits per heavy atom. The number of hydrogen-bond acceptors (Lipinski definition) is 6. The number of anilines is 1. The first kappa shape index (κ1) is 21.3. The van der Waals surface area contributed by atoms with Gasteiger partial charge in [-0.2, -0.15) is 0 Å².